The molecule has 0 saturated heterocycles. The molecule has 0 aromatic heterocycles. The van der Waals surface area contributed by atoms with Crippen LogP contribution in [-0.4, -0.2) is 53.8 Å². The van der Waals surface area contributed by atoms with E-state index in [-0.39, 0.29) is 31.3 Å². The van der Waals surface area contributed by atoms with E-state index < -0.39 is 17.7 Å². The lowest BCUT2D eigenvalue weighted by atomic mass is 9.89. The Labute approximate surface area is 226 Å². The fourth-order valence-corrected chi connectivity index (χ4v) is 4.55. The number of carbonyl (C=O) groups is 2. The molecule has 39 heavy (non-hydrogen) atoms. The summed E-state index contributed by atoms with van der Waals surface area (Å²) in [6.45, 7) is 2.58. The van der Waals surface area contributed by atoms with Crippen molar-refractivity contribution in [1.82, 2.24) is 10.2 Å². The second-order valence-electron chi connectivity index (χ2n) is 9.71. The first-order chi connectivity index (χ1) is 18.6. The highest BCUT2D eigenvalue weighted by Gasteiger charge is 2.30. The van der Waals surface area contributed by atoms with Crippen molar-refractivity contribution in [3.63, 3.8) is 0 Å². The lowest BCUT2D eigenvalue weighted by molar-refractivity contribution is -0.139. The summed E-state index contributed by atoms with van der Waals surface area (Å²) < 4.78 is 39.4. The van der Waals surface area contributed by atoms with Gasteiger partial charge in [-0.2, -0.15) is 13.2 Å². The van der Waals surface area contributed by atoms with Gasteiger partial charge in [-0.15, -0.1) is 0 Å². The van der Waals surface area contributed by atoms with Gasteiger partial charge < -0.3 is 21.0 Å². The molecule has 1 saturated carbocycles. The third kappa shape index (κ3) is 9.27. The van der Waals surface area contributed by atoms with E-state index in [1.807, 2.05) is 6.92 Å². The van der Waals surface area contributed by atoms with Crippen LogP contribution in [0.2, 0.25) is 0 Å². The number of amides is 1. The summed E-state index contributed by atoms with van der Waals surface area (Å²) in [7, 11) is 0. The number of nitrogens with zero attached hydrogens (tertiary/aromatic N) is 2. The van der Waals surface area contributed by atoms with Crippen LogP contribution in [0.15, 0.2) is 47.6 Å². The van der Waals surface area contributed by atoms with Crippen LogP contribution in [-0.2, 0) is 27.1 Å². The van der Waals surface area contributed by atoms with Crippen molar-refractivity contribution in [2.75, 3.05) is 32.0 Å². The second kappa shape index (κ2) is 14.0. The fraction of sp³-hybridized carbons (Fsp3) is 0.464. The van der Waals surface area contributed by atoms with E-state index >= 15 is 0 Å². The van der Waals surface area contributed by atoms with Crippen LogP contribution in [0.3, 0.4) is 0 Å². The van der Waals surface area contributed by atoms with Crippen molar-refractivity contribution in [3.05, 3.63) is 64.7 Å². The molecule has 0 unspecified atom stereocenters. The normalized spacial score (nSPS) is 14.8. The van der Waals surface area contributed by atoms with Gasteiger partial charge in [0, 0.05) is 29.9 Å². The van der Waals surface area contributed by atoms with Crippen molar-refractivity contribution >= 4 is 23.3 Å². The third-order valence-electron chi connectivity index (χ3n) is 6.77. The number of carboxylic acids is 1. The molecular weight excluding hydrogens is 513 g/mol. The van der Waals surface area contributed by atoms with Gasteiger partial charge in [0.15, 0.2) is 6.61 Å². The molecule has 2 aromatic rings. The first-order valence-corrected chi connectivity index (χ1v) is 13.0. The van der Waals surface area contributed by atoms with Crippen LogP contribution in [0.1, 0.15) is 61.3 Å². The quantitative estimate of drug-likeness (QED) is 0.202. The summed E-state index contributed by atoms with van der Waals surface area (Å²) in [6.07, 6.45) is 1.21. The van der Waals surface area contributed by atoms with Crippen molar-refractivity contribution in [1.29, 1.82) is 0 Å². The lowest BCUT2D eigenvalue weighted by Crippen LogP contribution is -2.32. The van der Waals surface area contributed by atoms with Crippen molar-refractivity contribution in [3.8, 4) is 0 Å². The summed E-state index contributed by atoms with van der Waals surface area (Å²) in [6, 6.07) is 9.44. The van der Waals surface area contributed by atoms with Gasteiger partial charge in [0.25, 0.3) is 5.91 Å². The number of oxime groups is 1. The third-order valence-corrected chi connectivity index (χ3v) is 6.77. The summed E-state index contributed by atoms with van der Waals surface area (Å²) >= 11 is 0. The Morgan fingerprint density at radius 3 is 2.38 bits per heavy atom. The molecule has 0 atom stereocenters. The van der Waals surface area contributed by atoms with Crippen LogP contribution < -0.4 is 11.1 Å². The zero-order valence-corrected chi connectivity index (χ0v) is 22.0. The average Bonchev–Trinajstić information content (AvgIpc) is 2.91. The fourth-order valence-electron chi connectivity index (χ4n) is 4.55. The molecule has 1 aliphatic rings. The summed E-state index contributed by atoms with van der Waals surface area (Å²) in [5.74, 6) is -0.860. The largest absolute Gasteiger partial charge is 0.480 e. The van der Waals surface area contributed by atoms with Gasteiger partial charge in [0.1, 0.15) is 5.71 Å². The minimum absolute atomic E-state index is 0.181. The molecule has 0 aliphatic heterocycles. The summed E-state index contributed by atoms with van der Waals surface area (Å²) in [5.41, 5.74) is 7.44. The van der Waals surface area contributed by atoms with Gasteiger partial charge in [-0.25, -0.2) is 0 Å². The molecule has 0 heterocycles. The van der Waals surface area contributed by atoms with Crippen molar-refractivity contribution < 1.29 is 32.7 Å². The molecule has 0 bridgehead atoms. The van der Waals surface area contributed by atoms with Gasteiger partial charge in [-0.1, -0.05) is 49.5 Å². The average molecular weight is 549 g/mol. The molecule has 3 rings (SSSR count). The van der Waals surface area contributed by atoms with Gasteiger partial charge in [-0.05, 0) is 55.1 Å². The molecule has 2 aromatic carbocycles. The molecule has 0 radical (unpaired) electrons. The molecule has 8 nitrogen and oxygen atoms in total. The molecule has 4 N–H and O–H groups in total. The van der Waals surface area contributed by atoms with Crippen LogP contribution in [0, 0.1) is 5.92 Å². The van der Waals surface area contributed by atoms with E-state index in [1.54, 1.807) is 23.1 Å². The number of carboxylic acid groups (broad SMARTS) is 1. The standard InChI is InChI=1S/C28H35F3N4O4/c1-2-35(17-26(37)38)16-22-14-21(10-13-24(22)32)27(20-8-11-23(12-9-20)28(29,30)31)34-39-18-25(36)33-15-19-6-4-3-5-7-19/h8-14,19H,2-7,15-18,32H2,1H3,(H,33,36)(H,37,38)/b34-27+. The second-order valence-corrected chi connectivity index (χ2v) is 9.71. The minimum atomic E-state index is -4.50. The van der Waals surface area contributed by atoms with E-state index in [0.717, 1.165) is 37.8 Å². The maximum Gasteiger partial charge on any atom is 0.416 e. The number of benzene rings is 2. The zero-order chi connectivity index (χ0) is 28.4. The highest BCUT2D eigenvalue weighted by molar-refractivity contribution is 6.13. The Morgan fingerprint density at radius 1 is 1.10 bits per heavy atom. The Balaban J connectivity index is 1.82. The number of alkyl halides is 3. The maximum atomic E-state index is 13.1. The molecule has 1 amide bonds. The Kier molecular flexibility index (Phi) is 10.7. The highest BCUT2D eigenvalue weighted by atomic mass is 19.4. The molecule has 212 valence electrons. The molecular formula is C28H35F3N4O4. The number of hydrogen-bond acceptors (Lipinski definition) is 6. The Hall–Kier alpha value is -3.60. The van der Waals surface area contributed by atoms with E-state index in [4.69, 9.17) is 15.7 Å². The van der Waals surface area contributed by atoms with Crippen molar-refractivity contribution in [2.24, 2.45) is 11.1 Å². The molecule has 1 fully saturated rings. The van der Waals surface area contributed by atoms with Crippen LogP contribution in [0.25, 0.3) is 0 Å². The van der Waals surface area contributed by atoms with Gasteiger partial charge in [-0.3, -0.25) is 14.5 Å². The SMILES string of the molecule is CCN(CC(=O)O)Cc1cc(/C(=N/OCC(=O)NCC2CCCCC2)c2ccc(C(F)(F)F)cc2)ccc1N. The van der Waals surface area contributed by atoms with E-state index in [9.17, 15) is 22.8 Å². The summed E-state index contributed by atoms with van der Waals surface area (Å²) in [4.78, 5) is 30.6. The zero-order valence-electron chi connectivity index (χ0n) is 22.0. The monoisotopic (exact) mass is 548 g/mol. The first kappa shape index (κ1) is 29.9. The van der Waals surface area contributed by atoms with Crippen LogP contribution in [0.4, 0.5) is 18.9 Å². The topological polar surface area (TPSA) is 117 Å². The van der Waals surface area contributed by atoms with Gasteiger partial charge in [0.05, 0.1) is 12.1 Å². The number of carbonyl (C=O) groups excluding carboxylic acids is 1. The molecule has 11 heteroatoms. The first-order valence-electron chi connectivity index (χ1n) is 13.0. The number of aliphatic carboxylic acids is 1. The van der Waals surface area contributed by atoms with Crippen LogP contribution >= 0.6 is 0 Å². The van der Waals surface area contributed by atoms with Crippen LogP contribution in [0.5, 0.6) is 0 Å². The molecule has 1 aliphatic carbocycles. The van der Waals surface area contributed by atoms with E-state index in [0.29, 0.717) is 41.4 Å². The number of nitrogens with one attached hydrogen (secondary N) is 1. The number of nitrogen functional groups attached to an aromatic ring is 1. The predicted octanol–water partition coefficient (Wildman–Crippen LogP) is 4.66. The van der Waals surface area contributed by atoms with Gasteiger partial charge >= 0.3 is 12.1 Å². The highest BCUT2D eigenvalue weighted by Crippen LogP contribution is 2.30. The van der Waals surface area contributed by atoms with Crippen molar-refractivity contribution in [2.45, 2.75) is 51.7 Å². The Morgan fingerprint density at radius 2 is 1.77 bits per heavy atom. The Bertz CT molecular complexity index is 1150. The number of likely N-dealkylation sites (N-methyl/N-ethyl adjacent to an activating group) is 1. The number of nitrogens with two attached hydrogens (primary N) is 1. The number of hydrogen-bond donors (Lipinski definition) is 3. The van der Waals surface area contributed by atoms with E-state index in [2.05, 4.69) is 10.5 Å². The number of rotatable bonds is 12. The smallest absolute Gasteiger partial charge is 0.416 e. The lowest BCUT2D eigenvalue weighted by Gasteiger charge is -2.21. The maximum absolute atomic E-state index is 13.1. The predicted molar refractivity (Wildman–Crippen MR) is 142 cm³/mol. The molecule has 0 spiro atoms. The number of anilines is 1. The number of halogens is 3. The minimum Gasteiger partial charge on any atom is -0.480 e. The van der Waals surface area contributed by atoms with Gasteiger partial charge in [0.2, 0.25) is 0 Å². The van der Waals surface area contributed by atoms with E-state index in [1.165, 1.54) is 18.6 Å². The summed E-state index contributed by atoms with van der Waals surface area (Å²) in [5, 5.41) is 16.2.